The molecule has 1 aromatic carbocycles. The lowest BCUT2D eigenvalue weighted by atomic mass is 10.1. The van der Waals surface area contributed by atoms with E-state index in [0.29, 0.717) is 0 Å². The summed E-state index contributed by atoms with van der Waals surface area (Å²) in [4.78, 5) is 14.1. The second kappa shape index (κ2) is 2.76. The molecular formula is C10H12N2O. The molecule has 13 heavy (non-hydrogen) atoms. The Morgan fingerprint density at radius 1 is 1.46 bits per heavy atom. The van der Waals surface area contributed by atoms with Crippen molar-refractivity contribution in [2.24, 2.45) is 7.05 Å². The van der Waals surface area contributed by atoms with Gasteiger partial charge < -0.3 is 4.98 Å². The Hall–Kier alpha value is -1.51. The van der Waals surface area contributed by atoms with Gasteiger partial charge in [-0.3, -0.25) is 4.57 Å². The van der Waals surface area contributed by atoms with Crippen LogP contribution in [0.1, 0.15) is 12.5 Å². The summed E-state index contributed by atoms with van der Waals surface area (Å²) < 4.78 is 1.62. The molecule has 0 radical (unpaired) electrons. The van der Waals surface area contributed by atoms with Crippen LogP contribution in [0.2, 0.25) is 0 Å². The minimum absolute atomic E-state index is 0.0525. The topological polar surface area (TPSA) is 37.8 Å². The van der Waals surface area contributed by atoms with Gasteiger partial charge >= 0.3 is 5.69 Å². The molecule has 0 saturated heterocycles. The van der Waals surface area contributed by atoms with E-state index in [1.54, 1.807) is 11.6 Å². The number of hydrogen-bond acceptors (Lipinski definition) is 1. The number of hydrogen-bond donors (Lipinski definition) is 1. The fourth-order valence-corrected chi connectivity index (χ4v) is 1.50. The number of aryl methyl sites for hydroxylation is 2. The minimum Gasteiger partial charge on any atom is -0.306 e. The van der Waals surface area contributed by atoms with Crippen LogP contribution in [0.5, 0.6) is 0 Å². The quantitative estimate of drug-likeness (QED) is 0.701. The van der Waals surface area contributed by atoms with Crippen molar-refractivity contribution in [2.45, 2.75) is 13.3 Å². The summed E-state index contributed by atoms with van der Waals surface area (Å²) >= 11 is 0. The summed E-state index contributed by atoms with van der Waals surface area (Å²) in [6.45, 7) is 2.10. The van der Waals surface area contributed by atoms with Crippen LogP contribution in [0, 0.1) is 0 Å². The molecule has 3 nitrogen and oxygen atoms in total. The number of fused-ring (bicyclic) bond motifs is 1. The van der Waals surface area contributed by atoms with E-state index in [-0.39, 0.29) is 5.69 Å². The van der Waals surface area contributed by atoms with Crippen LogP contribution in [0.4, 0.5) is 0 Å². The van der Waals surface area contributed by atoms with Crippen molar-refractivity contribution in [3.8, 4) is 0 Å². The van der Waals surface area contributed by atoms with E-state index in [2.05, 4.69) is 18.0 Å². The largest absolute Gasteiger partial charge is 0.326 e. The summed E-state index contributed by atoms with van der Waals surface area (Å²) in [6.07, 6.45) is 0.993. The second-order valence-electron chi connectivity index (χ2n) is 3.19. The Morgan fingerprint density at radius 3 is 2.92 bits per heavy atom. The van der Waals surface area contributed by atoms with Gasteiger partial charge in [0.1, 0.15) is 0 Å². The molecule has 0 spiro atoms. The highest BCUT2D eigenvalue weighted by Crippen LogP contribution is 2.11. The first-order chi connectivity index (χ1) is 6.22. The standard InChI is InChI=1S/C10H12N2O/c1-3-7-4-5-9-8(6-7)11-10(13)12(9)2/h4-6H,3H2,1-2H3,(H,11,13). The van der Waals surface area contributed by atoms with Crippen molar-refractivity contribution in [3.05, 3.63) is 34.2 Å². The number of nitrogens with zero attached hydrogens (tertiary/aromatic N) is 1. The highest BCUT2D eigenvalue weighted by molar-refractivity contribution is 5.75. The molecule has 0 atom stereocenters. The Balaban J connectivity index is 2.80. The van der Waals surface area contributed by atoms with Crippen molar-refractivity contribution in [3.63, 3.8) is 0 Å². The van der Waals surface area contributed by atoms with Gasteiger partial charge in [0.05, 0.1) is 11.0 Å². The van der Waals surface area contributed by atoms with Gasteiger partial charge in [0, 0.05) is 7.05 Å². The van der Waals surface area contributed by atoms with Crippen LogP contribution in [-0.2, 0) is 13.5 Å². The number of aromatic nitrogens is 2. The number of H-pyrrole nitrogens is 1. The van der Waals surface area contributed by atoms with Crippen molar-refractivity contribution in [2.75, 3.05) is 0 Å². The number of benzene rings is 1. The van der Waals surface area contributed by atoms with Crippen molar-refractivity contribution < 1.29 is 0 Å². The van der Waals surface area contributed by atoms with Crippen molar-refractivity contribution >= 4 is 11.0 Å². The summed E-state index contributed by atoms with van der Waals surface area (Å²) in [6, 6.07) is 6.05. The molecule has 0 fully saturated rings. The molecule has 0 unspecified atom stereocenters. The SMILES string of the molecule is CCc1ccc2c(c1)[nH]c(=O)n2C. The molecule has 0 amide bonds. The molecule has 2 aromatic rings. The Bertz CT molecular complexity index is 493. The average molecular weight is 176 g/mol. The highest BCUT2D eigenvalue weighted by atomic mass is 16.1. The average Bonchev–Trinajstić information content (AvgIpc) is 2.42. The van der Waals surface area contributed by atoms with Gasteiger partial charge in [-0.1, -0.05) is 13.0 Å². The molecule has 1 heterocycles. The molecular weight excluding hydrogens is 164 g/mol. The molecule has 3 heteroatoms. The van der Waals surface area contributed by atoms with Crippen LogP contribution in [0.25, 0.3) is 11.0 Å². The summed E-state index contributed by atoms with van der Waals surface area (Å²) in [5, 5.41) is 0. The van der Waals surface area contributed by atoms with Crippen LogP contribution < -0.4 is 5.69 Å². The molecule has 0 aliphatic rings. The van der Waals surface area contributed by atoms with Gasteiger partial charge in [-0.05, 0) is 24.1 Å². The second-order valence-corrected chi connectivity index (χ2v) is 3.19. The molecule has 0 aliphatic carbocycles. The number of aromatic amines is 1. The van der Waals surface area contributed by atoms with E-state index in [0.717, 1.165) is 17.5 Å². The van der Waals surface area contributed by atoms with Gasteiger partial charge in [0.25, 0.3) is 0 Å². The smallest absolute Gasteiger partial charge is 0.306 e. The van der Waals surface area contributed by atoms with Crippen molar-refractivity contribution in [1.82, 2.24) is 9.55 Å². The zero-order chi connectivity index (χ0) is 9.42. The maximum Gasteiger partial charge on any atom is 0.326 e. The fraction of sp³-hybridized carbons (Fsp3) is 0.300. The van der Waals surface area contributed by atoms with Gasteiger partial charge in [-0.15, -0.1) is 0 Å². The normalized spacial score (nSPS) is 10.9. The van der Waals surface area contributed by atoms with E-state index in [1.165, 1.54) is 5.56 Å². The zero-order valence-corrected chi connectivity index (χ0v) is 7.79. The minimum atomic E-state index is -0.0525. The summed E-state index contributed by atoms with van der Waals surface area (Å²) in [7, 11) is 1.77. The van der Waals surface area contributed by atoms with E-state index < -0.39 is 0 Å². The third-order valence-electron chi connectivity index (χ3n) is 2.38. The Labute approximate surface area is 76.0 Å². The third kappa shape index (κ3) is 1.16. The lowest BCUT2D eigenvalue weighted by molar-refractivity contribution is 0.891. The van der Waals surface area contributed by atoms with E-state index in [9.17, 15) is 4.79 Å². The van der Waals surface area contributed by atoms with Crippen LogP contribution in [0.15, 0.2) is 23.0 Å². The molecule has 1 N–H and O–H groups in total. The van der Waals surface area contributed by atoms with Gasteiger partial charge in [-0.2, -0.15) is 0 Å². The molecule has 2 rings (SSSR count). The van der Waals surface area contributed by atoms with Crippen LogP contribution >= 0.6 is 0 Å². The monoisotopic (exact) mass is 176 g/mol. The Kier molecular flexibility index (Phi) is 1.72. The molecule has 1 aromatic heterocycles. The molecule has 68 valence electrons. The zero-order valence-electron chi connectivity index (χ0n) is 7.79. The summed E-state index contributed by atoms with van der Waals surface area (Å²) in [5.74, 6) is 0. The molecule has 0 saturated carbocycles. The van der Waals surface area contributed by atoms with E-state index in [1.807, 2.05) is 12.1 Å². The first-order valence-corrected chi connectivity index (χ1v) is 4.40. The number of imidazole rings is 1. The predicted molar refractivity (Wildman–Crippen MR) is 52.9 cm³/mol. The van der Waals surface area contributed by atoms with Gasteiger partial charge in [0.15, 0.2) is 0 Å². The van der Waals surface area contributed by atoms with Gasteiger partial charge in [-0.25, -0.2) is 4.79 Å². The number of nitrogens with one attached hydrogen (secondary N) is 1. The highest BCUT2D eigenvalue weighted by Gasteiger charge is 2.02. The van der Waals surface area contributed by atoms with Crippen molar-refractivity contribution in [1.29, 1.82) is 0 Å². The molecule has 0 bridgehead atoms. The third-order valence-corrected chi connectivity index (χ3v) is 2.38. The molecule has 0 aliphatic heterocycles. The summed E-state index contributed by atoms with van der Waals surface area (Å²) in [5.41, 5.74) is 3.08. The first kappa shape index (κ1) is 8.10. The predicted octanol–water partition coefficient (Wildman–Crippen LogP) is 1.43. The van der Waals surface area contributed by atoms with E-state index >= 15 is 0 Å². The van der Waals surface area contributed by atoms with Crippen LogP contribution in [-0.4, -0.2) is 9.55 Å². The lowest BCUT2D eigenvalue weighted by Gasteiger charge is -1.96. The fourth-order valence-electron chi connectivity index (χ4n) is 1.50. The van der Waals surface area contributed by atoms with E-state index in [4.69, 9.17) is 0 Å². The van der Waals surface area contributed by atoms with Gasteiger partial charge in [0.2, 0.25) is 0 Å². The maximum atomic E-state index is 11.2. The lowest BCUT2D eigenvalue weighted by Crippen LogP contribution is -2.11. The maximum absolute atomic E-state index is 11.2. The first-order valence-electron chi connectivity index (χ1n) is 4.40. The van der Waals surface area contributed by atoms with Crippen LogP contribution in [0.3, 0.4) is 0 Å². The Morgan fingerprint density at radius 2 is 2.23 bits per heavy atom. The number of rotatable bonds is 1.